The van der Waals surface area contributed by atoms with Gasteiger partial charge in [-0.25, -0.2) is 9.78 Å². The maximum absolute atomic E-state index is 12.1. The number of hydrogen-bond acceptors (Lipinski definition) is 5. The van der Waals surface area contributed by atoms with E-state index in [0.717, 1.165) is 0 Å². The first kappa shape index (κ1) is 15.0. The first-order chi connectivity index (χ1) is 10.1. The van der Waals surface area contributed by atoms with Crippen LogP contribution in [-0.2, 0) is 25.5 Å². The lowest BCUT2D eigenvalue weighted by Gasteiger charge is -2.19. The predicted molar refractivity (Wildman–Crippen MR) is 72.0 cm³/mol. The molecular formula is C13H18N4O4. The van der Waals surface area contributed by atoms with Crippen molar-refractivity contribution in [1.82, 2.24) is 20.6 Å². The minimum absolute atomic E-state index is 0.156. The molecule has 21 heavy (non-hydrogen) atoms. The number of amides is 2. The van der Waals surface area contributed by atoms with Gasteiger partial charge in [-0.2, -0.15) is 0 Å². The van der Waals surface area contributed by atoms with E-state index in [-0.39, 0.29) is 24.8 Å². The minimum atomic E-state index is -0.810. The van der Waals surface area contributed by atoms with Gasteiger partial charge in [-0.1, -0.05) is 0 Å². The zero-order valence-electron chi connectivity index (χ0n) is 11.7. The second kappa shape index (κ2) is 6.87. The predicted octanol–water partition coefficient (Wildman–Crippen LogP) is -0.721. The fraction of sp³-hybridized carbons (Fsp3) is 0.538. The minimum Gasteiger partial charge on any atom is -0.464 e. The highest BCUT2D eigenvalue weighted by Gasteiger charge is 2.31. The summed E-state index contributed by atoms with van der Waals surface area (Å²) in [5.74, 6) is -1.04. The molecule has 0 bridgehead atoms. The summed E-state index contributed by atoms with van der Waals surface area (Å²) >= 11 is 0. The molecule has 8 heteroatoms. The average Bonchev–Trinajstić information content (AvgIpc) is 3.09. The molecule has 1 aliphatic rings. The first-order valence-electron chi connectivity index (χ1n) is 6.83. The monoisotopic (exact) mass is 294 g/mol. The molecule has 1 aromatic rings. The van der Waals surface area contributed by atoms with Gasteiger partial charge in [-0.3, -0.25) is 9.59 Å². The molecule has 0 aromatic carbocycles. The van der Waals surface area contributed by atoms with Crippen LogP contribution in [0.4, 0.5) is 0 Å². The van der Waals surface area contributed by atoms with Crippen LogP contribution in [0.1, 0.15) is 25.5 Å². The highest BCUT2D eigenvalue weighted by Crippen LogP contribution is 2.08. The molecule has 0 saturated carbocycles. The Hall–Kier alpha value is -2.38. The van der Waals surface area contributed by atoms with Crippen molar-refractivity contribution in [2.24, 2.45) is 0 Å². The molecule has 3 N–H and O–H groups in total. The fourth-order valence-electron chi connectivity index (χ4n) is 2.14. The second-order valence-corrected chi connectivity index (χ2v) is 4.75. The summed E-state index contributed by atoms with van der Waals surface area (Å²) < 4.78 is 4.96. The number of H-pyrrole nitrogens is 1. The third-order valence-corrected chi connectivity index (χ3v) is 3.18. The Morgan fingerprint density at radius 1 is 1.57 bits per heavy atom. The van der Waals surface area contributed by atoms with Crippen LogP contribution in [-0.4, -0.2) is 46.4 Å². The molecule has 1 aromatic heterocycles. The molecule has 1 saturated heterocycles. The quantitative estimate of drug-likeness (QED) is 0.599. The number of aromatic amines is 1. The molecular weight excluding hydrogens is 276 g/mol. The molecule has 0 radical (unpaired) electrons. The van der Waals surface area contributed by atoms with Crippen molar-refractivity contribution in [3.63, 3.8) is 0 Å². The van der Waals surface area contributed by atoms with Crippen molar-refractivity contribution in [3.8, 4) is 0 Å². The zero-order valence-corrected chi connectivity index (χ0v) is 11.7. The van der Waals surface area contributed by atoms with E-state index >= 15 is 0 Å². The van der Waals surface area contributed by atoms with Gasteiger partial charge in [-0.05, 0) is 13.3 Å². The Kier molecular flexibility index (Phi) is 4.91. The van der Waals surface area contributed by atoms with Crippen molar-refractivity contribution in [3.05, 3.63) is 18.2 Å². The van der Waals surface area contributed by atoms with E-state index in [0.29, 0.717) is 18.5 Å². The van der Waals surface area contributed by atoms with Crippen LogP contribution in [0.15, 0.2) is 12.5 Å². The summed E-state index contributed by atoms with van der Waals surface area (Å²) in [4.78, 5) is 41.9. The van der Waals surface area contributed by atoms with Gasteiger partial charge in [0.25, 0.3) is 0 Å². The van der Waals surface area contributed by atoms with Gasteiger partial charge >= 0.3 is 5.97 Å². The topological polar surface area (TPSA) is 113 Å². The highest BCUT2D eigenvalue weighted by atomic mass is 16.5. The van der Waals surface area contributed by atoms with Gasteiger partial charge in [0.1, 0.15) is 12.1 Å². The largest absolute Gasteiger partial charge is 0.464 e. The van der Waals surface area contributed by atoms with Crippen LogP contribution < -0.4 is 10.6 Å². The molecule has 0 spiro atoms. The zero-order chi connectivity index (χ0) is 15.2. The van der Waals surface area contributed by atoms with Crippen LogP contribution in [0.3, 0.4) is 0 Å². The van der Waals surface area contributed by atoms with Crippen LogP contribution >= 0.6 is 0 Å². The Morgan fingerprint density at radius 2 is 2.38 bits per heavy atom. The summed E-state index contributed by atoms with van der Waals surface area (Å²) in [6.45, 7) is 1.93. The number of aromatic nitrogens is 2. The number of rotatable bonds is 6. The molecule has 8 nitrogen and oxygen atoms in total. The molecule has 114 valence electrons. The summed E-state index contributed by atoms with van der Waals surface area (Å²) in [7, 11) is 0. The normalized spacial score (nSPS) is 18.9. The van der Waals surface area contributed by atoms with Crippen molar-refractivity contribution in [2.75, 3.05) is 6.61 Å². The lowest BCUT2D eigenvalue weighted by Crippen LogP contribution is -2.50. The van der Waals surface area contributed by atoms with Gasteiger partial charge in [0.15, 0.2) is 0 Å². The molecule has 2 rings (SSSR count). The Balaban J connectivity index is 1.99. The average molecular weight is 294 g/mol. The van der Waals surface area contributed by atoms with Crippen molar-refractivity contribution < 1.29 is 19.1 Å². The summed E-state index contributed by atoms with van der Waals surface area (Å²) in [5.41, 5.74) is 0.712. The maximum atomic E-state index is 12.1. The number of imidazole rings is 1. The number of carbonyl (C=O) groups is 3. The van der Waals surface area contributed by atoms with Crippen molar-refractivity contribution in [2.45, 2.75) is 38.3 Å². The third kappa shape index (κ3) is 4.04. The Bertz CT molecular complexity index is 514. The van der Waals surface area contributed by atoms with Gasteiger partial charge in [0.2, 0.25) is 11.8 Å². The molecule has 2 atom stereocenters. The number of carbonyl (C=O) groups excluding carboxylic acids is 3. The summed E-state index contributed by atoms with van der Waals surface area (Å²) in [6.07, 6.45) is 4.09. The summed E-state index contributed by atoms with van der Waals surface area (Å²) in [6, 6.07) is -1.40. The number of nitrogens with one attached hydrogen (secondary N) is 3. The molecule has 0 aliphatic carbocycles. The van der Waals surface area contributed by atoms with Crippen LogP contribution in [0.25, 0.3) is 0 Å². The number of esters is 1. The van der Waals surface area contributed by atoms with Crippen LogP contribution in [0.5, 0.6) is 0 Å². The van der Waals surface area contributed by atoms with Gasteiger partial charge in [0.05, 0.1) is 12.9 Å². The van der Waals surface area contributed by atoms with E-state index in [1.807, 2.05) is 0 Å². The molecule has 1 aliphatic heterocycles. The van der Waals surface area contributed by atoms with Crippen LogP contribution in [0, 0.1) is 0 Å². The first-order valence-corrected chi connectivity index (χ1v) is 6.83. The van der Waals surface area contributed by atoms with E-state index in [4.69, 9.17) is 4.74 Å². The van der Waals surface area contributed by atoms with E-state index in [9.17, 15) is 14.4 Å². The lowest BCUT2D eigenvalue weighted by atomic mass is 10.1. The number of hydrogen-bond donors (Lipinski definition) is 3. The maximum Gasteiger partial charge on any atom is 0.329 e. The van der Waals surface area contributed by atoms with Gasteiger partial charge < -0.3 is 20.4 Å². The number of nitrogens with zero attached hydrogens (tertiary/aromatic N) is 1. The van der Waals surface area contributed by atoms with Gasteiger partial charge in [0, 0.05) is 24.7 Å². The van der Waals surface area contributed by atoms with E-state index in [1.165, 1.54) is 6.33 Å². The standard InChI is InChI=1S/C13H18N4O4/c1-2-21-13(20)10(5-8-6-14-7-15-8)17-12(19)9-3-4-11(18)16-9/h6-7,9-10H,2-5H2,1H3,(H,14,15)(H,16,18)(H,17,19). The van der Waals surface area contributed by atoms with Crippen molar-refractivity contribution >= 4 is 17.8 Å². The van der Waals surface area contributed by atoms with Gasteiger partial charge in [-0.15, -0.1) is 0 Å². The second-order valence-electron chi connectivity index (χ2n) is 4.75. The molecule has 2 unspecified atom stereocenters. The Morgan fingerprint density at radius 3 is 2.95 bits per heavy atom. The van der Waals surface area contributed by atoms with E-state index in [2.05, 4.69) is 20.6 Å². The SMILES string of the molecule is CCOC(=O)C(Cc1cnc[nH]1)NC(=O)C1CCC(=O)N1. The van der Waals surface area contributed by atoms with Crippen molar-refractivity contribution in [1.29, 1.82) is 0 Å². The fourth-order valence-corrected chi connectivity index (χ4v) is 2.14. The Labute approximate surface area is 121 Å². The number of ether oxygens (including phenoxy) is 1. The molecule has 2 amide bonds. The van der Waals surface area contributed by atoms with E-state index < -0.39 is 18.1 Å². The van der Waals surface area contributed by atoms with Crippen LogP contribution in [0.2, 0.25) is 0 Å². The van der Waals surface area contributed by atoms with E-state index in [1.54, 1.807) is 13.1 Å². The smallest absolute Gasteiger partial charge is 0.329 e. The lowest BCUT2D eigenvalue weighted by molar-refractivity contribution is -0.147. The molecule has 2 heterocycles. The highest BCUT2D eigenvalue weighted by molar-refractivity contribution is 5.93. The summed E-state index contributed by atoms with van der Waals surface area (Å²) in [5, 5.41) is 5.19. The third-order valence-electron chi connectivity index (χ3n) is 3.18. The molecule has 1 fully saturated rings.